The van der Waals surface area contributed by atoms with Crippen LogP contribution >= 0.6 is 11.8 Å². The van der Waals surface area contributed by atoms with Gasteiger partial charge in [0.2, 0.25) is 0 Å². The fourth-order valence-electron chi connectivity index (χ4n) is 3.46. The molecule has 1 N–H and O–H groups in total. The van der Waals surface area contributed by atoms with Gasteiger partial charge in [-0.2, -0.15) is 0 Å². The minimum atomic E-state index is -0.501. The summed E-state index contributed by atoms with van der Waals surface area (Å²) in [6, 6.07) is 9.91. The van der Waals surface area contributed by atoms with E-state index in [0.29, 0.717) is 28.5 Å². The molecule has 0 saturated carbocycles. The monoisotopic (exact) mass is 482 g/mol. The van der Waals surface area contributed by atoms with E-state index >= 15 is 0 Å². The van der Waals surface area contributed by atoms with Crippen molar-refractivity contribution >= 4 is 34.5 Å². The van der Waals surface area contributed by atoms with Gasteiger partial charge >= 0.3 is 5.97 Å². The Hall–Kier alpha value is -3.59. The molecule has 0 saturated heterocycles. The predicted octanol–water partition coefficient (Wildman–Crippen LogP) is 3.72. The van der Waals surface area contributed by atoms with Gasteiger partial charge < -0.3 is 19.1 Å². The first-order chi connectivity index (χ1) is 16.4. The van der Waals surface area contributed by atoms with E-state index in [2.05, 4.69) is 6.58 Å². The molecule has 0 spiro atoms. The van der Waals surface area contributed by atoms with Crippen LogP contribution in [0.25, 0.3) is 0 Å². The number of ether oxygens (including phenoxy) is 3. The third-order valence-corrected chi connectivity index (χ3v) is 5.70. The number of carbonyl (C=O) groups excluding carboxylic acids is 3. The Labute approximate surface area is 202 Å². The number of Topliss-reactive ketones (excluding diaryl/α,β-unsaturated/α-hetero) is 1. The normalized spacial score (nSPS) is 12.2. The zero-order valence-corrected chi connectivity index (χ0v) is 19.9. The second-order valence-corrected chi connectivity index (χ2v) is 8.16. The largest absolute Gasteiger partial charge is 0.489 e. The zero-order valence-electron chi connectivity index (χ0n) is 19.1. The first-order valence-corrected chi connectivity index (χ1v) is 11.8. The van der Waals surface area contributed by atoms with Crippen molar-refractivity contribution in [3.63, 3.8) is 0 Å². The smallest absolute Gasteiger partial charge is 0.344 e. The summed E-state index contributed by atoms with van der Waals surface area (Å²) in [5, 5.41) is 8.41. The number of amides is 1. The fraction of sp³-hybridized carbons (Fsp3) is 0.280. The van der Waals surface area contributed by atoms with Crippen molar-refractivity contribution in [2.24, 2.45) is 0 Å². The summed E-state index contributed by atoms with van der Waals surface area (Å²) in [5.74, 6) is -0.412. The van der Waals surface area contributed by atoms with Gasteiger partial charge in [0.25, 0.3) is 5.91 Å². The van der Waals surface area contributed by atoms with Crippen LogP contribution in [0.3, 0.4) is 0 Å². The molecule has 9 heteroatoms. The van der Waals surface area contributed by atoms with Crippen molar-refractivity contribution in [3.05, 3.63) is 71.3 Å². The van der Waals surface area contributed by atoms with Gasteiger partial charge in [-0.1, -0.05) is 18.7 Å². The van der Waals surface area contributed by atoms with Crippen molar-refractivity contribution in [1.82, 2.24) is 4.90 Å². The van der Waals surface area contributed by atoms with Crippen LogP contribution < -0.4 is 9.47 Å². The molecule has 8 nitrogen and oxygen atoms in total. The lowest BCUT2D eigenvalue weighted by Crippen LogP contribution is -2.30. The van der Waals surface area contributed by atoms with Crippen molar-refractivity contribution < 1.29 is 28.6 Å². The molecule has 0 fully saturated rings. The highest BCUT2D eigenvalue weighted by molar-refractivity contribution is 8.13. The van der Waals surface area contributed by atoms with E-state index in [1.807, 2.05) is 12.3 Å². The standard InChI is InChI=1S/C25H26N2O6S/c1-4-10-32-22-12-18(33-15-23(29)31-5-2)7-9-20(22)21(28)14-27-13-17-11-16(24(26)34-3)6-8-19(17)25(27)30/h4,6-9,11-12,26H,1,5,10,13-15H2,2-3H3. The average Bonchev–Trinajstić information content (AvgIpc) is 3.15. The van der Waals surface area contributed by atoms with Crippen LogP contribution in [-0.2, 0) is 16.1 Å². The number of fused-ring (bicyclic) bond motifs is 1. The van der Waals surface area contributed by atoms with Crippen LogP contribution in [-0.4, -0.2) is 60.2 Å². The molecular weight excluding hydrogens is 456 g/mol. The molecule has 2 aromatic carbocycles. The van der Waals surface area contributed by atoms with Crippen molar-refractivity contribution in [3.8, 4) is 11.5 Å². The summed E-state index contributed by atoms with van der Waals surface area (Å²) >= 11 is 1.32. The number of benzene rings is 2. The van der Waals surface area contributed by atoms with E-state index in [1.165, 1.54) is 22.7 Å². The van der Waals surface area contributed by atoms with Gasteiger partial charge in [-0.25, -0.2) is 4.79 Å². The van der Waals surface area contributed by atoms with Gasteiger partial charge in [0.1, 0.15) is 18.1 Å². The van der Waals surface area contributed by atoms with E-state index in [4.69, 9.17) is 19.6 Å². The lowest BCUT2D eigenvalue weighted by molar-refractivity contribution is -0.145. The number of rotatable bonds is 11. The van der Waals surface area contributed by atoms with Crippen LogP contribution in [0.15, 0.2) is 49.1 Å². The summed E-state index contributed by atoms with van der Waals surface area (Å²) in [6.45, 7) is 5.65. The molecule has 1 aliphatic heterocycles. The van der Waals surface area contributed by atoms with E-state index < -0.39 is 5.97 Å². The molecule has 0 aliphatic carbocycles. The van der Waals surface area contributed by atoms with Crippen molar-refractivity contribution in [1.29, 1.82) is 5.41 Å². The van der Waals surface area contributed by atoms with E-state index in [9.17, 15) is 14.4 Å². The average molecular weight is 483 g/mol. The van der Waals surface area contributed by atoms with E-state index in [-0.39, 0.29) is 43.8 Å². The molecule has 178 valence electrons. The molecule has 0 unspecified atom stereocenters. The highest BCUT2D eigenvalue weighted by Crippen LogP contribution is 2.29. The zero-order chi connectivity index (χ0) is 24.7. The van der Waals surface area contributed by atoms with Crippen LogP contribution in [0.1, 0.15) is 38.8 Å². The second kappa shape index (κ2) is 11.5. The number of nitrogens with one attached hydrogen (secondary N) is 1. The third-order valence-electron chi connectivity index (χ3n) is 5.06. The third kappa shape index (κ3) is 5.85. The molecule has 2 aromatic rings. The maximum atomic E-state index is 13.1. The molecule has 0 bridgehead atoms. The molecular formula is C25H26N2O6S. The summed E-state index contributed by atoms with van der Waals surface area (Å²) in [4.78, 5) is 39.0. The first kappa shape index (κ1) is 25.0. The molecule has 1 heterocycles. The second-order valence-electron chi connectivity index (χ2n) is 7.34. The molecule has 34 heavy (non-hydrogen) atoms. The Morgan fingerprint density at radius 3 is 2.71 bits per heavy atom. The van der Waals surface area contributed by atoms with Crippen LogP contribution in [0.4, 0.5) is 0 Å². The Bertz CT molecular complexity index is 1130. The topological polar surface area (TPSA) is 106 Å². The highest BCUT2D eigenvalue weighted by Gasteiger charge is 2.30. The molecule has 1 aliphatic rings. The molecule has 0 radical (unpaired) electrons. The Balaban J connectivity index is 1.75. The van der Waals surface area contributed by atoms with Gasteiger partial charge in [0.15, 0.2) is 12.4 Å². The lowest BCUT2D eigenvalue weighted by atomic mass is 10.1. The maximum Gasteiger partial charge on any atom is 0.344 e. The number of carbonyl (C=O) groups is 3. The summed E-state index contributed by atoms with van der Waals surface area (Å²) in [7, 11) is 0. The summed E-state index contributed by atoms with van der Waals surface area (Å²) in [6.07, 6.45) is 3.37. The van der Waals surface area contributed by atoms with Crippen molar-refractivity contribution in [2.45, 2.75) is 13.5 Å². The quantitative estimate of drug-likeness (QED) is 0.171. The number of nitrogens with zero attached hydrogens (tertiary/aromatic N) is 1. The maximum absolute atomic E-state index is 13.1. The lowest BCUT2D eigenvalue weighted by Gasteiger charge is -2.17. The first-order valence-electron chi connectivity index (χ1n) is 10.6. The Kier molecular flexibility index (Phi) is 8.48. The van der Waals surface area contributed by atoms with Gasteiger partial charge in [0.05, 0.1) is 23.8 Å². The summed E-state index contributed by atoms with van der Waals surface area (Å²) < 4.78 is 15.9. The molecule has 0 aromatic heterocycles. The predicted molar refractivity (Wildman–Crippen MR) is 130 cm³/mol. The van der Waals surface area contributed by atoms with Gasteiger partial charge in [0, 0.05) is 23.7 Å². The van der Waals surface area contributed by atoms with E-state index in [1.54, 1.807) is 37.3 Å². The van der Waals surface area contributed by atoms with Crippen LogP contribution in [0.5, 0.6) is 11.5 Å². The minimum Gasteiger partial charge on any atom is -0.489 e. The number of hydrogen-bond acceptors (Lipinski definition) is 8. The molecule has 3 rings (SSSR count). The Morgan fingerprint density at radius 2 is 2.00 bits per heavy atom. The molecule has 0 atom stereocenters. The minimum absolute atomic E-state index is 0.129. The summed E-state index contributed by atoms with van der Waals surface area (Å²) in [5.41, 5.74) is 2.36. The number of ketones is 1. The Morgan fingerprint density at radius 1 is 1.21 bits per heavy atom. The van der Waals surface area contributed by atoms with Gasteiger partial charge in [-0.3, -0.25) is 15.0 Å². The van der Waals surface area contributed by atoms with Crippen LogP contribution in [0, 0.1) is 5.41 Å². The van der Waals surface area contributed by atoms with Crippen LogP contribution in [0.2, 0.25) is 0 Å². The molecule has 1 amide bonds. The highest BCUT2D eigenvalue weighted by atomic mass is 32.2. The van der Waals surface area contributed by atoms with E-state index in [0.717, 1.165) is 11.1 Å². The number of hydrogen-bond donors (Lipinski definition) is 1. The number of esters is 1. The fourth-order valence-corrected chi connectivity index (χ4v) is 3.82. The van der Waals surface area contributed by atoms with Gasteiger partial charge in [-0.15, -0.1) is 11.8 Å². The van der Waals surface area contributed by atoms with Gasteiger partial charge in [-0.05, 0) is 43.0 Å². The van der Waals surface area contributed by atoms with Crippen molar-refractivity contribution in [2.75, 3.05) is 32.6 Å². The SMILES string of the molecule is C=CCOc1cc(OCC(=O)OCC)ccc1C(=O)CN1Cc2cc(C(=N)SC)ccc2C1=O. The number of thioether (sulfide) groups is 1.